The summed E-state index contributed by atoms with van der Waals surface area (Å²) < 4.78 is 40.4. The number of nitrogens with two attached hydrogens (primary N) is 1. The SMILES string of the molecule is CC1CCCN(S(=O)(=O)c2cccc(F)c2[N+](=O)[O-])C1CN. The van der Waals surface area contributed by atoms with Crippen LogP contribution in [-0.4, -0.2) is 36.8 Å². The summed E-state index contributed by atoms with van der Waals surface area (Å²) in [5, 5.41) is 11.0. The number of piperidine rings is 1. The maximum atomic E-state index is 13.7. The third-order valence-electron chi connectivity index (χ3n) is 4.03. The minimum atomic E-state index is -4.18. The van der Waals surface area contributed by atoms with Crippen LogP contribution >= 0.6 is 0 Å². The number of benzene rings is 1. The maximum Gasteiger partial charge on any atom is 0.324 e. The van der Waals surface area contributed by atoms with E-state index in [1.807, 2.05) is 6.92 Å². The Morgan fingerprint density at radius 1 is 1.50 bits per heavy atom. The number of sulfonamides is 1. The molecule has 1 saturated heterocycles. The van der Waals surface area contributed by atoms with Crippen LogP contribution in [0.5, 0.6) is 0 Å². The molecule has 9 heteroatoms. The summed E-state index contributed by atoms with van der Waals surface area (Å²) in [7, 11) is -4.18. The van der Waals surface area contributed by atoms with Gasteiger partial charge in [0.05, 0.1) is 4.92 Å². The van der Waals surface area contributed by atoms with E-state index in [0.717, 1.165) is 24.6 Å². The summed E-state index contributed by atoms with van der Waals surface area (Å²) in [6.45, 7) is 2.23. The lowest BCUT2D eigenvalue weighted by molar-refractivity contribution is -0.390. The van der Waals surface area contributed by atoms with E-state index in [-0.39, 0.29) is 19.0 Å². The zero-order chi connectivity index (χ0) is 16.5. The molecule has 7 nitrogen and oxygen atoms in total. The number of halogens is 1. The fraction of sp³-hybridized carbons (Fsp3) is 0.538. The number of nitro benzene ring substituents is 1. The molecule has 2 rings (SSSR count). The van der Waals surface area contributed by atoms with Crippen molar-refractivity contribution >= 4 is 15.7 Å². The van der Waals surface area contributed by atoms with E-state index in [0.29, 0.717) is 6.42 Å². The molecule has 1 aliphatic heterocycles. The van der Waals surface area contributed by atoms with Crippen LogP contribution < -0.4 is 5.73 Å². The van der Waals surface area contributed by atoms with E-state index in [9.17, 15) is 22.9 Å². The molecule has 2 unspecified atom stereocenters. The normalized spacial score (nSPS) is 23.4. The van der Waals surface area contributed by atoms with Gasteiger partial charge in [0.2, 0.25) is 15.8 Å². The lowest BCUT2D eigenvalue weighted by Gasteiger charge is -2.38. The fourth-order valence-electron chi connectivity index (χ4n) is 2.87. The van der Waals surface area contributed by atoms with Gasteiger partial charge in [-0.05, 0) is 30.9 Å². The number of hydrogen-bond acceptors (Lipinski definition) is 5. The zero-order valence-electron chi connectivity index (χ0n) is 12.1. The third kappa shape index (κ3) is 2.83. The molecule has 2 N–H and O–H groups in total. The van der Waals surface area contributed by atoms with Crippen molar-refractivity contribution in [2.45, 2.75) is 30.7 Å². The van der Waals surface area contributed by atoms with Crippen molar-refractivity contribution in [1.82, 2.24) is 4.31 Å². The second-order valence-electron chi connectivity index (χ2n) is 5.38. The van der Waals surface area contributed by atoms with Crippen LogP contribution in [0.2, 0.25) is 0 Å². The largest absolute Gasteiger partial charge is 0.329 e. The van der Waals surface area contributed by atoms with E-state index >= 15 is 0 Å². The van der Waals surface area contributed by atoms with Crippen LogP contribution in [0, 0.1) is 21.8 Å². The molecule has 122 valence electrons. The summed E-state index contributed by atoms with van der Waals surface area (Å²) >= 11 is 0. The predicted octanol–water partition coefficient (Wildman–Crippen LogP) is 1.48. The van der Waals surface area contributed by atoms with Gasteiger partial charge in [0.1, 0.15) is 0 Å². The van der Waals surface area contributed by atoms with Gasteiger partial charge in [-0.25, -0.2) is 8.42 Å². The lowest BCUT2D eigenvalue weighted by Crippen LogP contribution is -2.51. The first kappa shape index (κ1) is 16.8. The minimum Gasteiger partial charge on any atom is -0.329 e. The molecule has 2 atom stereocenters. The van der Waals surface area contributed by atoms with Crippen LogP contribution in [0.15, 0.2) is 23.1 Å². The van der Waals surface area contributed by atoms with Gasteiger partial charge in [0, 0.05) is 19.1 Å². The van der Waals surface area contributed by atoms with Crippen molar-refractivity contribution in [3.63, 3.8) is 0 Å². The molecule has 22 heavy (non-hydrogen) atoms. The molecule has 1 aliphatic rings. The molecule has 0 amide bonds. The first-order chi connectivity index (χ1) is 10.3. The zero-order valence-corrected chi connectivity index (χ0v) is 12.9. The average molecular weight is 331 g/mol. The van der Waals surface area contributed by atoms with Gasteiger partial charge in [0.15, 0.2) is 4.90 Å². The molecule has 0 saturated carbocycles. The maximum absolute atomic E-state index is 13.7. The monoisotopic (exact) mass is 331 g/mol. The van der Waals surface area contributed by atoms with E-state index in [4.69, 9.17) is 5.73 Å². The van der Waals surface area contributed by atoms with E-state index in [2.05, 4.69) is 0 Å². The second-order valence-corrected chi connectivity index (χ2v) is 7.24. The van der Waals surface area contributed by atoms with Gasteiger partial charge >= 0.3 is 5.69 Å². The minimum absolute atomic E-state index is 0.0427. The average Bonchev–Trinajstić information content (AvgIpc) is 2.46. The highest BCUT2D eigenvalue weighted by Gasteiger charge is 2.40. The van der Waals surface area contributed by atoms with E-state index in [1.54, 1.807) is 0 Å². The molecule has 1 aromatic carbocycles. The van der Waals surface area contributed by atoms with Crippen LogP contribution in [0.3, 0.4) is 0 Å². The highest BCUT2D eigenvalue weighted by molar-refractivity contribution is 7.89. The predicted molar refractivity (Wildman–Crippen MR) is 78.2 cm³/mol. The van der Waals surface area contributed by atoms with Crippen LogP contribution in [0.4, 0.5) is 10.1 Å². The molecule has 1 heterocycles. The standard InChI is InChI=1S/C13H18FN3O4S/c1-9-4-3-7-16(11(9)8-15)22(20,21)12-6-2-5-10(14)13(12)17(18)19/h2,5-6,9,11H,3-4,7-8,15H2,1H3. The Hall–Kier alpha value is -1.58. The van der Waals surface area contributed by atoms with Crippen molar-refractivity contribution in [2.75, 3.05) is 13.1 Å². The number of nitro groups is 1. The number of hydrogen-bond donors (Lipinski definition) is 1. The topological polar surface area (TPSA) is 107 Å². The number of rotatable bonds is 4. The highest BCUT2D eigenvalue weighted by Crippen LogP contribution is 2.33. The Balaban J connectivity index is 2.55. The lowest BCUT2D eigenvalue weighted by atomic mass is 9.93. The first-order valence-corrected chi connectivity index (χ1v) is 8.39. The molecule has 0 spiro atoms. The van der Waals surface area contributed by atoms with Crippen molar-refractivity contribution < 1.29 is 17.7 Å². The van der Waals surface area contributed by atoms with Gasteiger partial charge in [-0.3, -0.25) is 10.1 Å². The van der Waals surface area contributed by atoms with Gasteiger partial charge in [0.25, 0.3) is 0 Å². The Morgan fingerprint density at radius 3 is 2.77 bits per heavy atom. The van der Waals surface area contributed by atoms with E-state index in [1.165, 1.54) is 4.31 Å². The quantitative estimate of drug-likeness (QED) is 0.664. The van der Waals surface area contributed by atoms with Gasteiger partial charge < -0.3 is 5.73 Å². The molecule has 0 radical (unpaired) electrons. The summed E-state index contributed by atoms with van der Waals surface area (Å²) in [6.07, 6.45) is 1.47. The molecule has 1 fully saturated rings. The third-order valence-corrected chi connectivity index (χ3v) is 5.98. The van der Waals surface area contributed by atoms with Crippen LogP contribution in [0.25, 0.3) is 0 Å². The van der Waals surface area contributed by atoms with Gasteiger partial charge in [-0.15, -0.1) is 0 Å². The van der Waals surface area contributed by atoms with Crippen molar-refractivity contribution in [2.24, 2.45) is 11.7 Å². The van der Waals surface area contributed by atoms with Crippen molar-refractivity contribution in [1.29, 1.82) is 0 Å². The Labute approximate surface area is 128 Å². The Morgan fingerprint density at radius 2 is 2.18 bits per heavy atom. The number of nitrogens with zero attached hydrogens (tertiary/aromatic N) is 2. The first-order valence-electron chi connectivity index (χ1n) is 6.95. The molecule has 0 aliphatic carbocycles. The second kappa shape index (κ2) is 6.27. The summed E-state index contributed by atoms with van der Waals surface area (Å²) in [6, 6.07) is 2.64. The van der Waals surface area contributed by atoms with Crippen molar-refractivity contribution in [3.05, 3.63) is 34.1 Å². The smallest absolute Gasteiger partial charge is 0.324 e. The highest BCUT2D eigenvalue weighted by atomic mass is 32.2. The van der Waals surface area contributed by atoms with Crippen LogP contribution in [0.1, 0.15) is 19.8 Å². The molecular formula is C13H18FN3O4S. The van der Waals surface area contributed by atoms with Crippen LogP contribution in [-0.2, 0) is 10.0 Å². The molecule has 1 aromatic rings. The Bertz CT molecular complexity index is 680. The fourth-order valence-corrected chi connectivity index (χ4v) is 4.81. The summed E-state index contributed by atoms with van der Waals surface area (Å²) in [5.41, 5.74) is 4.66. The van der Waals surface area contributed by atoms with Gasteiger partial charge in [-0.1, -0.05) is 13.0 Å². The van der Waals surface area contributed by atoms with E-state index < -0.39 is 37.4 Å². The molecular weight excluding hydrogens is 313 g/mol. The number of para-hydroxylation sites is 1. The molecule has 0 aromatic heterocycles. The summed E-state index contributed by atoms with van der Waals surface area (Å²) in [4.78, 5) is 9.42. The van der Waals surface area contributed by atoms with Crippen molar-refractivity contribution in [3.8, 4) is 0 Å². The van der Waals surface area contributed by atoms with Gasteiger partial charge in [-0.2, -0.15) is 8.70 Å². The molecule has 0 bridgehead atoms. The summed E-state index contributed by atoms with van der Waals surface area (Å²) in [5.74, 6) is -1.12. The Kier molecular flexibility index (Phi) is 4.78.